The van der Waals surface area contributed by atoms with Gasteiger partial charge < -0.3 is 14.1 Å². The van der Waals surface area contributed by atoms with Gasteiger partial charge in [-0.15, -0.1) is 5.10 Å². The molecular weight excluding hydrogens is 749 g/mol. The number of benzene rings is 5. The summed E-state index contributed by atoms with van der Waals surface area (Å²) in [4.78, 5) is 18.1. The van der Waals surface area contributed by atoms with Crippen LogP contribution in [0.3, 0.4) is 0 Å². The highest BCUT2D eigenvalue weighted by Gasteiger charge is 2.45. The average Bonchev–Trinajstić information content (AvgIpc) is 3.85. The molecule has 5 aromatic carbocycles. The number of aryl methyl sites for hydroxylation is 1. The van der Waals surface area contributed by atoms with Crippen molar-refractivity contribution in [2.45, 2.75) is 90.2 Å². The smallest absolute Gasteiger partial charge is 0.354 e. The summed E-state index contributed by atoms with van der Waals surface area (Å²) in [7, 11) is -2.27. The van der Waals surface area contributed by atoms with Gasteiger partial charge in [-0.3, -0.25) is 0 Å². The van der Waals surface area contributed by atoms with Gasteiger partial charge in [0, 0.05) is 18.5 Å². The molecular formula is C49H54N6O3Si. The fraction of sp³-hybridized carbons (Fsp3) is 0.286. The van der Waals surface area contributed by atoms with E-state index in [4.69, 9.17) is 19.7 Å². The standard InChI is InChI=1S/C49H54N6O3Si/c1-9-21-42-50-44(48(5,6)58-59(7,8)47(2,3)4)43(46(56)57)54(42)34-35-30-32-36(33-31-35)40-28-19-20-29-41(40)45-51-52-53-55(45)49(37-22-13-10-14-23-37,38-24-15-11-16-25-38)39-26-17-12-18-27-39/h10-20,22-33H,9,21,34H2,1-8H3,(H,56,57). The highest BCUT2D eigenvalue weighted by atomic mass is 28.4. The van der Waals surface area contributed by atoms with Gasteiger partial charge in [-0.25, -0.2) is 14.5 Å². The molecule has 10 heteroatoms. The maximum absolute atomic E-state index is 13.1. The lowest BCUT2D eigenvalue weighted by Gasteiger charge is -2.42. The first-order valence-electron chi connectivity index (χ1n) is 20.4. The van der Waals surface area contributed by atoms with E-state index in [1.54, 1.807) is 0 Å². The van der Waals surface area contributed by atoms with Crippen molar-refractivity contribution in [3.63, 3.8) is 0 Å². The lowest BCUT2D eigenvalue weighted by Crippen LogP contribution is -2.46. The second-order valence-electron chi connectivity index (χ2n) is 17.2. The topological polar surface area (TPSA) is 108 Å². The molecule has 0 radical (unpaired) electrons. The normalized spacial score (nSPS) is 12.5. The van der Waals surface area contributed by atoms with E-state index < -0.39 is 25.4 Å². The highest BCUT2D eigenvalue weighted by Crippen LogP contribution is 2.44. The molecule has 0 aliphatic carbocycles. The predicted molar refractivity (Wildman–Crippen MR) is 237 cm³/mol. The molecule has 0 saturated heterocycles. The van der Waals surface area contributed by atoms with E-state index in [0.717, 1.165) is 51.2 Å². The third-order valence-corrected chi connectivity index (χ3v) is 16.4. The largest absolute Gasteiger partial charge is 0.477 e. The van der Waals surface area contributed by atoms with Crippen LogP contribution in [0.25, 0.3) is 22.5 Å². The van der Waals surface area contributed by atoms with Crippen LogP contribution in [0, 0.1) is 0 Å². The van der Waals surface area contributed by atoms with Crippen molar-refractivity contribution in [1.82, 2.24) is 29.8 Å². The number of imidazole rings is 1. The second kappa shape index (κ2) is 16.3. The zero-order valence-corrected chi connectivity index (χ0v) is 36.3. The quantitative estimate of drug-likeness (QED) is 0.0861. The fourth-order valence-electron chi connectivity index (χ4n) is 7.95. The van der Waals surface area contributed by atoms with Gasteiger partial charge in [-0.05, 0) is 82.2 Å². The van der Waals surface area contributed by atoms with Crippen LogP contribution in [0.4, 0.5) is 0 Å². The molecule has 2 aromatic heterocycles. The minimum Gasteiger partial charge on any atom is -0.477 e. The molecule has 302 valence electrons. The van der Waals surface area contributed by atoms with Crippen molar-refractivity contribution in [3.05, 3.63) is 179 Å². The summed E-state index contributed by atoms with van der Waals surface area (Å²) in [6.07, 6.45) is 1.47. The van der Waals surface area contributed by atoms with E-state index in [1.165, 1.54) is 0 Å². The van der Waals surface area contributed by atoms with Gasteiger partial charge >= 0.3 is 5.97 Å². The number of carbonyl (C=O) groups is 1. The minimum atomic E-state index is -2.27. The van der Waals surface area contributed by atoms with Crippen LogP contribution in [0.1, 0.15) is 92.2 Å². The molecule has 0 atom stereocenters. The molecule has 0 aliphatic rings. The monoisotopic (exact) mass is 802 g/mol. The summed E-state index contributed by atoms with van der Waals surface area (Å²) in [5.74, 6) is 0.347. The number of rotatable bonds is 14. The number of carboxylic acids is 1. The zero-order valence-electron chi connectivity index (χ0n) is 35.3. The number of hydrogen-bond acceptors (Lipinski definition) is 6. The van der Waals surface area contributed by atoms with E-state index in [0.29, 0.717) is 24.5 Å². The van der Waals surface area contributed by atoms with Crippen molar-refractivity contribution < 1.29 is 14.3 Å². The van der Waals surface area contributed by atoms with Crippen molar-refractivity contribution in [2.75, 3.05) is 0 Å². The van der Waals surface area contributed by atoms with Gasteiger partial charge in [-0.2, -0.15) is 0 Å². The molecule has 1 N–H and O–H groups in total. The van der Waals surface area contributed by atoms with Crippen LogP contribution in [0.5, 0.6) is 0 Å². The van der Waals surface area contributed by atoms with E-state index in [-0.39, 0.29) is 10.7 Å². The molecule has 7 rings (SSSR count). The Morgan fingerprint density at radius 1 is 0.712 bits per heavy atom. The lowest BCUT2D eigenvalue weighted by atomic mass is 9.77. The first-order valence-corrected chi connectivity index (χ1v) is 23.3. The summed E-state index contributed by atoms with van der Waals surface area (Å²) >= 11 is 0. The Kier molecular flexibility index (Phi) is 11.4. The molecule has 0 saturated carbocycles. The van der Waals surface area contributed by atoms with Crippen LogP contribution >= 0.6 is 0 Å². The number of nitrogens with zero attached hydrogens (tertiary/aromatic N) is 6. The number of aromatic carboxylic acids is 1. The van der Waals surface area contributed by atoms with Gasteiger partial charge in [0.05, 0.1) is 5.60 Å². The van der Waals surface area contributed by atoms with Gasteiger partial charge in [0.2, 0.25) is 0 Å². The predicted octanol–water partition coefficient (Wildman–Crippen LogP) is 11.0. The van der Waals surface area contributed by atoms with E-state index in [1.807, 2.05) is 53.4 Å². The number of hydrogen-bond donors (Lipinski definition) is 1. The van der Waals surface area contributed by atoms with Crippen LogP contribution < -0.4 is 0 Å². The zero-order chi connectivity index (χ0) is 42.0. The first kappa shape index (κ1) is 41.2. The molecule has 0 aliphatic heterocycles. The number of aromatic nitrogens is 6. The summed E-state index contributed by atoms with van der Waals surface area (Å²) in [5.41, 5.74) is 5.69. The molecule has 2 heterocycles. The maximum atomic E-state index is 13.1. The Hall–Kier alpha value is -5.97. The maximum Gasteiger partial charge on any atom is 0.354 e. The fourth-order valence-corrected chi connectivity index (χ4v) is 9.63. The van der Waals surface area contributed by atoms with Crippen molar-refractivity contribution >= 4 is 14.3 Å². The molecule has 59 heavy (non-hydrogen) atoms. The summed E-state index contributed by atoms with van der Waals surface area (Å²) in [6.45, 7) is 17.3. The van der Waals surface area contributed by atoms with Crippen molar-refractivity contribution in [2.24, 2.45) is 0 Å². The summed E-state index contributed by atoms with van der Waals surface area (Å²) in [5, 5.41) is 24.5. The number of tetrazole rings is 1. The molecule has 9 nitrogen and oxygen atoms in total. The molecule has 0 amide bonds. The first-order chi connectivity index (χ1) is 28.2. The van der Waals surface area contributed by atoms with Gasteiger partial charge in [0.15, 0.2) is 19.8 Å². The third kappa shape index (κ3) is 7.82. The van der Waals surface area contributed by atoms with Gasteiger partial charge in [-0.1, -0.05) is 167 Å². The summed E-state index contributed by atoms with van der Waals surface area (Å²) in [6, 6.07) is 47.6. The van der Waals surface area contributed by atoms with Crippen LogP contribution in [-0.2, 0) is 28.5 Å². The number of carboxylic acid groups (broad SMARTS) is 1. The highest BCUT2D eigenvalue weighted by molar-refractivity contribution is 6.74. The molecule has 0 spiro atoms. The summed E-state index contributed by atoms with van der Waals surface area (Å²) < 4.78 is 10.7. The van der Waals surface area contributed by atoms with Crippen molar-refractivity contribution in [3.8, 4) is 22.5 Å². The third-order valence-electron chi connectivity index (χ3n) is 11.7. The molecule has 0 bridgehead atoms. The Morgan fingerprint density at radius 3 is 1.71 bits per heavy atom. The van der Waals surface area contributed by atoms with Gasteiger partial charge in [0.25, 0.3) is 0 Å². The Labute approximate surface area is 348 Å². The molecule has 0 unspecified atom stereocenters. The Morgan fingerprint density at radius 2 is 1.22 bits per heavy atom. The van der Waals surface area contributed by atoms with Crippen LogP contribution in [0.15, 0.2) is 140 Å². The minimum absolute atomic E-state index is 0.0518. The lowest BCUT2D eigenvalue weighted by molar-refractivity contribution is 0.0636. The van der Waals surface area contributed by atoms with E-state index in [2.05, 4.69) is 155 Å². The SMILES string of the molecule is CCCc1nc(C(C)(C)O[Si](C)(C)C(C)(C)C)c(C(=O)O)n1Cc1ccc(-c2ccccc2-c2nnnn2C(c2ccccc2)(c2ccccc2)c2ccccc2)cc1. The molecule has 0 fully saturated rings. The van der Waals surface area contributed by atoms with Gasteiger partial charge in [0.1, 0.15) is 17.1 Å². The van der Waals surface area contributed by atoms with Crippen LogP contribution in [-0.4, -0.2) is 49.2 Å². The van der Waals surface area contributed by atoms with E-state index in [9.17, 15) is 9.90 Å². The second-order valence-corrected chi connectivity index (χ2v) is 21.9. The Balaban J connectivity index is 1.30. The van der Waals surface area contributed by atoms with E-state index >= 15 is 0 Å². The average molecular weight is 803 g/mol. The van der Waals surface area contributed by atoms with Crippen molar-refractivity contribution in [1.29, 1.82) is 0 Å². The van der Waals surface area contributed by atoms with Crippen LogP contribution in [0.2, 0.25) is 18.1 Å². The molecule has 7 aromatic rings. The Bertz CT molecular complexity index is 2430.